The first-order valence-corrected chi connectivity index (χ1v) is 8.89. The highest BCUT2D eigenvalue weighted by atomic mass is 16.4. The van der Waals surface area contributed by atoms with E-state index in [9.17, 15) is 14.7 Å². The van der Waals surface area contributed by atoms with E-state index in [1.165, 1.54) is 5.56 Å². The van der Waals surface area contributed by atoms with Crippen LogP contribution < -0.4 is 5.32 Å². The number of aliphatic carboxylic acids is 1. The first-order chi connectivity index (χ1) is 12.1. The standard InChI is InChI=1S/C21H28N2O3/c1-14(2)21(5,12-19(24)25)22-20(26)18-11-15(3)23(16(18)4)13-17-9-7-6-8-10-17/h6-11,14H,12-13H2,1-5H3,(H,22,26)(H,24,25). The van der Waals surface area contributed by atoms with Gasteiger partial charge in [0.15, 0.2) is 0 Å². The number of hydrogen-bond donors (Lipinski definition) is 2. The molecule has 5 nitrogen and oxygen atoms in total. The monoisotopic (exact) mass is 356 g/mol. The van der Waals surface area contributed by atoms with E-state index in [0.29, 0.717) is 12.1 Å². The van der Waals surface area contributed by atoms with Crippen molar-refractivity contribution in [2.24, 2.45) is 5.92 Å². The van der Waals surface area contributed by atoms with E-state index >= 15 is 0 Å². The average Bonchev–Trinajstić information content (AvgIpc) is 2.83. The molecule has 0 aliphatic carbocycles. The molecule has 140 valence electrons. The summed E-state index contributed by atoms with van der Waals surface area (Å²) in [6, 6.07) is 12.0. The fourth-order valence-corrected chi connectivity index (χ4v) is 3.07. The van der Waals surface area contributed by atoms with Gasteiger partial charge in [-0.1, -0.05) is 44.2 Å². The highest BCUT2D eigenvalue weighted by Crippen LogP contribution is 2.23. The topological polar surface area (TPSA) is 71.3 Å². The summed E-state index contributed by atoms with van der Waals surface area (Å²) < 4.78 is 2.11. The minimum atomic E-state index is -0.920. The number of aryl methyl sites for hydroxylation is 1. The van der Waals surface area contributed by atoms with Gasteiger partial charge in [0.25, 0.3) is 5.91 Å². The maximum Gasteiger partial charge on any atom is 0.305 e. The van der Waals surface area contributed by atoms with Crippen LogP contribution in [-0.4, -0.2) is 27.1 Å². The number of carbonyl (C=O) groups excluding carboxylic acids is 1. The summed E-state index contributed by atoms with van der Waals surface area (Å²) in [5, 5.41) is 12.1. The van der Waals surface area contributed by atoms with Gasteiger partial charge < -0.3 is 15.0 Å². The predicted octanol–water partition coefficient (Wildman–Crippen LogP) is 3.77. The number of nitrogens with one attached hydrogen (secondary N) is 1. The Kier molecular flexibility index (Phi) is 5.90. The molecule has 0 spiro atoms. The van der Waals surface area contributed by atoms with Gasteiger partial charge in [0.05, 0.1) is 17.5 Å². The Morgan fingerprint density at radius 1 is 1.19 bits per heavy atom. The number of nitrogens with zero attached hydrogens (tertiary/aromatic N) is 1. The Hall–Kier alpha value is -2.56. The number of hydrogen-bond acceptors (Lipinski definition) is 2. The first kappa shape index (κ1) is 19.8. The number of benzene rings is 1. The molecule has 2 rings (SSSR count). The van der Waals surface area contributed by atoms with Crippen molar-refractivity contribution in [2.75, 3.05) is 0 Å². The second-order valence-electron chi connectivity index (χ2n) is 7.45. The molecule has 2 aromatic rings. The van der Waals surface area contributed by atoms with Gasteiger partial charge in [-0.15, -0.1) is 0 Å². The maximum atomic E-state index is 12.9. The molecule has 0 saturated carbocycles. The fraction of sp³-hybridized carbons (Fsp3) is 0.429. The summed E-state index contributed by atoms with van der Waals surface area (Å²) in [6.07, 6.45) is -0.112. The molecule has 0 radical (unpaired) electrons. The average molecular weight is 356 g/mol. The van der Waals surface area contributed by atoms with Crippen molar-refractivity contribution in [3.63, 3.8) is 0 Å². The molecule has 1 aromatic heterocycles. The molecule has 5 heteroatoms. The van der Waals surface area contributed by atoms with Crippen LogP contribution in [0.15, 0.2) is 36.4 Å². The van der Waals surface area contributed by atoms with Gasteiger partial charge in [0.1, 0.15) is 0 Å². The van der Waals surface area contributed by atoms with Crippen LogP contribution in [0.4, 0.5) is 0 Å². The minimum absolute atomic E-state index is 0.00430. The van der Waals surface area contributed by atoms with E-state index in [1.54, 1.807) is 6.92 Å². The van der Waals surface area contributed by atoms with Crippen molar-refractivity contribution in [2.45, 2.75) is 53.1 Å². The molecule has 2 N–H and O–H groups in total. The molecule has 0 saturated heterocycles. The Balaban J connectivity index is 2.27. The molecule has 1 heterocycles. The zero-order chi connectivity index (χ0) is 19.5. The number of carbonyl (C=O) groups is 2. The molecule has 1 amide bonds. The Bertz CT molecular complexity index is 793. The van der Waals surface area contributed by atoms with Gasteiger partial charge in [-0.3, -0.25) is 9.59 Å². The van der Waals surface area contributed by atoms with Gasteiger partial charge in [0, 0.05) is 17.9 Å². The van der Waals surface area contributed by atoms with Crippen LogP contribution in [0.2, 0.25) is 0 Å². The Labute approximate surface area is 155 Å². The van der Waals surface area contributed by atoms with E-state index < -0.39 is 11.5 Å². The lowest BCUT2D eigenvalue weighted by molar-refractivity contribution is -0.138. The lowest BCUT2D eigenvalue weighted by atomic mass is 9.85. The Morgan fingerprint density at radius 2 is 1.81 bits per heavy atom. The van der Waals surface area contributed by atoms with Gasteiger partial charge in [-0.05, 0) is 38.3 Å². The van der Waals surface area contributed by atoms with Gasteiger partial charge in [0.2, 0.25) is 0 Å². The summed E-state index contributed by atoms with van der Waals surface area (Å²) in [4.78, 5) is 24.1. The largest absolute Gasteiger partial charge is 0.481 e. The van der Waals surface area contributed by atoms with Crippen molar-refractivity contribution >= 4 is 11.9 Å². The van der Waals surface area contributed by atoms with Crippen LogP contribution in [0.1, 0.15) is 54.5 Å². The number of amides is 1. The van der Waals surface area contributed by atoms with E-state index in [2.05, 4.69) is 22.0 Å². The lowest BCUT2D eigenvalue weighted by Crippen LogP contribution is -2.51. The molecule has 26 heavy (non-hydrogen) atoms. The van der Waals surface area contributed by atoms with Gasteiger partial charge >= 0.3 is 5.97 Å². The van der Waals surface area contributed by atoms with Gasteiger partial charge in [-0.2, -0.15) is 0 Å². The summed E-state index contributed by atoms with van der Waals surface area (Å²) in [6.45, 7) is 10.2. The van der Waals surface area contributed by atoms with Crippen LogP contribution in [-0.2, 0) is 11.3 Å². The predicted molar refractivity (Wildman–Crippen MR) is 102 cm³/mol. The van der Waals surface area contributed by atoms with E-state index in [0.717, 1.165) is 11.4 Å². The second-order valence-corrected chi connectivity index (χ2v) is 7.45. The van der Waals surface area contributed by atoms with E-state index in [4.69, 9.17) is 0 Å². The normalized spacial score (nSPS) is 13.5. The molecule has 1 aromatic carbocycles. The third-order valence-corrected chi connectivity index (χ3v) is 5.19. The molecule has 1 atom stereocenters. The zero-order valence-corrected chi connectivity index (χ0v) is 16.2. The highest BCUT2D eigenvalue weighted by Gasteiger charge is 2.33. The van der Waals surface area contributed by atoms with Crippen molar-refractivity contribution in [1.82, 2.24) is 9.88 Å². The van der Waals surface area contributed by atoms with Crippen LogP contribution in [0.25, 0.3) is 0 Å². The third kappa shape index (κ3) is 4.34. The molecule has 0 fully saturated rings. The van der Waals surface area contributed by atoms with Crippen LogP contribution in [0.3, 0.4) is 0 Å². The first-order valence-electron chi connectivity index (χ1n) is 8.89. The summed E-state index contributed by atoms with van der Waals surface area (Å²) in [7, 11) is 0. The van der Waals surface area contributed by atoms with Crippen molar-refractivity contribution < 1.29 is 14.7 Å². The quantitative estimate of drug-likeness (QED) is 0.793. The molecule has 1 unspecified atom stereocenters. The molecular weight excluding hydrogens is 328 g/mol. The molecule has 0 bridgehead atoms. The summed E-state index contributed by atoms with van der Waals surface area (Å²) in [5.41, 5.74) is 2.84. The van der Waals surface area contributed by atoms with Crippen molar-refractivity contribution in [3.05, 3.63) is 58.9 Å². The second kappa shape index (κ2) is 7.77. The number of aromatic nitrogens is 1. The SMILES string of the molecule is Cc1cc(C(=O)NC(C)(CC(=O)O)C(C)C)c(C)n1Cc1ccccc1. The van der Waals surface area contributed by atoms with Crippen LogP contribution in [0.5, 0.6) is 0 Å². The highest BCUT2D eigenvalue weighted by molar-refractivity contribution is 5.96. The molecule has 0 aliphatic heterocycles. The lowest BCUT2D eigenvalue weighted by Gasteiger charge is -2.33. The molecule has 0 aliphatic rings. The smallest absolute Gasteiger partial charge is 0.305 e. The number of rotatable bonds is 7. The van der Waals surface area contributed by atoms with E-state index in [1.807, 2.05) is 52.0 Å². The Morgan fingerprint density at radius 3 is 2.35 bits per heavy atom. The van der Waals surface area contributed by atoms with Gasteiger partial charge in [-0.25, -0.2) is 0 Å². The fourth-order valence-electron chi connectivity index (χ4n) is 3.07. The molecular formula is C21H28N2O3. The van der Waals surface area contributed by atoms with Crippen LogP contribution >= 0.6 is 0 Å². The van der Waals surface area contributed by atoms with Crippen LogP contribution in [0, 0.1) is 19.8 Å². The van der Waals surface area contributed by atoms with E-state index in [-0.39, 0.29) is 18.2 Å². The third-order valence-electron chi connectivity index (χ3n) is 5.19. The minimum Gasteiger partial charge on any atom is -0.481 e. The number of carboxylic acid groups (broad SMARTS) is 1. The summed E-state index contributed by atoms with van der Waals surface area (Å²) in [5.74, 6) is -1.15. The van der Waals surface area contributed by atoms with Crippen molar-refractivity contribution in [3.8, 4) is 0 Å². The summed E-state index contributed by atoms with van der Waals surface area (Å²) >= 11 is 0. The maximum absolute atomic E-state index is 12.9. The van der Waals surface area contributed by atoms with Crippen molar-refractivity contribution in [1.29, 1.82) is 0 Å². The zero-order valence-electron chi connectivity index (χ0n) is 16.2. The number of carboxylic acids is 1.